The molecule has 2 nitrogen and oxygen atoms in total. The maximum Gasteiger partial charge on any atom is 0.0576 e. The average Bonchev–Trinajstić information content (AvgIpc) is 3.82. The molecule has 0 fully saturated rings. The van der Waals surface area contributed by atoms with E-state index in [4.69, 9.17) is 0 Å². The van der Waals surface area contributed by atoms with Crippen molar-refractivity contribution in [2.45, 2.75) is 117 Å². The zero-order valence-electron chi connectivity index (χ0n) is 36.0. The Hall–Kier alpha value is -5.08. The molecule has 0 bridgehead atoms. The maximum atomic E-state index is 2.43. The molecular formula is C53H72N2. The number of nitrogens with zero attached hydrogens (tertiary/aromatic N) is 2. The van der Waals surface area contributed by atoms with Crippen molar-refractivity contribution < 1.29 is 0 Å². The topological polar surface area (TPSA) is 9.86 Å². The summed E-state index contributed by atoms with van der Waals surface area (Å²) in [6.45, 7) is 28.0. The summed E-state index contributed by atoms with van der Waals surface area (Å²) in [5.41, 5.74) is 13.7. The Balaban J connectivity index is 0.000000413. The van der Waals surface area contributed by atoms with E-state index < -0.39 is 0 Å². The van der Waals surface area contributed by atoms with Gasteiger partial charge in [0.15, 0.2) is 0 Å². The minimum atomic E-state index is 0. The van der Waals surface area contributed by atoms with Gasteiger partial charge in [-0.15, -0.1) is 0 Å². The Morgan fingerprint density at radius 3 is 0.927 bits per heavy atom. The van der Waals surface area contributed by atoms with Crippen LogP contribution in [-0.2, 0) is 12.8 Å². The largest absolute Gasteiger partial charge is 0.309 e. The summed E-state index contributed by atoms with van der Waals surface area (Å²) in [4.78, 5) is 0. The van der Waals surface area contributed by atoms with Crippen molar-refractivity contribution >= 4 is 43.6 Å². The van der Waals surface area contributed by atoms with Gasteiger partial charge in [0.05, 0.1) is 22.1 Å². The maximum absolute atomic E-state index is 2.43. The lowest BCUT2D eigenvalue weighted by molar-refractivity contribution is 1.04. The number of hydrogen-bond acceptors (Lipinski definition) is 0. The number of hydrogen-bond donors (Lipinski definition) is 0. The van der Waals surface area contributed by atoms with E-state index in [0.29, 0.717) is 0 Å². The molecule has 0 radical (unpaired) electrons. The standard InChI is InChI=1S/2C19H13N.7C2H6.CH4/c2*1-3-10-17-13(6-1)12-14-7-5-9-16-15-8-2-4-11-18(15)20(17)19(14)16;7*1-2;/h2*1-11H,12H2;7*1-2H3;1H4. The van der Waals surface area contributed by atoms with E-state index in [1.54, 1.807) is 0 Å². The molecular weight excluding hydrogens is 665 g/mol. The first-order valence-electron chi connectivity index (χ1n) is 21.1. The Morgan fingerprint density at radius 2 is 0.564 bits per heavy atom. The van der Waals surface area contributed by atoms with Crippen molar-refractivity contribution in [1.29, 1.82) is 0 Å². The molecule has 2 aromatic heterocycles. The van der Waals surface area contributed by atoms with Crippen LogP contribution in [0.3, 0.4) is 0 Å². The summed E-state index contributed by atoms with van der Waals surface area (Å²) in [6.07, 6.45) is 2.06. The van der Waals surface area contributed by atoms with E-state index >= 15 is 0 Å². The van der Waals surface area contributed by atoms with Gasteiger partial charge in [-0.2, -0.15) is 0 Å². The molecule has 0 amide bonds. The van der Waals surface area contributed by atoms with Gasteiger partial charge in [0, 0.05) is 45.8 Å². The third kappa shape index (κ3) is 9.42. The van der Waals surface area contributed by atoms with Crippen molar-refractivity contribution in [3.8, 4) is 11.4 Å². The van der Waals surface area contributed by atoms with Crippen LogP contribution in [0.25, 0.3) is 55.0 Å². The van der Waals surface area contributed by atoms with Crippen LogP contribution in [-0.4, -0.2) is 9.13 Å². The molecule has 0 unspecified atom stereocenters. The normalized spacial score (nSPS) is 10.1. The van der Waals surface area contributed by atoms with Crippen LogP contribution in [0, 0.1) is 0 Å². The summed E-state index contributed by atoms with van der Waals surface area (Å²) in [5, 5.41) is 5.43. The predicted molar refractivity (Wildman–Crippen MR) is 253 cm³/mol. The van der Waals surface area contributed by atoms with Gasteiger partial charge in [0.1, 0.15) is 0 Å². The molecule has 0 spiro atoms. The van der Waals surface area contributed by atoms with Gasteiger partial charge < -0.3 is 9.13 Å². The molecule has 8 aromatic rings. The molecule has 2 heteroatoms. The fourth-order valence-corrected chi connectivity index (χ4v) is 7.13. The lowest BCUT2D eigenvalue weighted by atomic mass is 9.98. The van der Waals surface area contributed by atoms with E-state index in [1.165, 1.54) is 77.2 Å². The first-order chi connectivity index (χ1) is 26.9. The number of rotatable bonds is 0. The summed E-state index contributed by atoms with van der Waals surface area (Å²) in [6, 6.07) is 48.3. The van der Waals surface area contributed by atoms with E-state index in [-0.39, 0.29) is 7.43 Å². The number of benzene rings is 6. The van der Waals surface area contributed by atoms with Gasteiger partial charge in [-0.1, -0.05) is 214 Å². The zero-order valence-corrected chi connectivity index (χ0v) is 36.0. The van der Waals surface area contributed by atoms with Crippen LogP contribution in [0.5, 0.6) is 0 Å². The van der Waals surface area contributed by atoms with Crippen LogP contribution in [0.4, 0.5) is 0 Å². The molecule has 55 heavy (non-hydrogen) atoms. The van der Waals surface area contributed by atoms with Gasteiger partial charge in [-0.3, -0.25) is 0 Å². The third-order valence-corrected chi connectivity index (χ3v) is 8.78. The summed E-state index contributed by atoms with van der Waals surface area (Å²) in [5.74, 6) is 0. The molecule has 10 rings (SSSR count). The summed E-state index contributed by atoms with van der Waals surface area (Å²) >= 11 is 0. The second kappa shape index (κ2) is 25.1. The highest BCUT2D eigenvalue weighted by atomic mass is 15.0. The first-order valence-corrected chi connectivity index (χ1v) is 21.1. The van der Waals surface area contributed by atoms with Gasteiger partial charge in [-0.25, -0.2) is 0 Å². The second-order valence-electron chi connectivity index (χ2n) is 10.9. The third-order valence-electron chi connectivity index (χ3n) is 8.78. The van der Waals surface area contributed by atoms with Crippen LogP contribution in [0.2, 0.25) is 0 Å². The highest BCUT2D eigenvalue weighted by Gasteiger charge is 2.22. The molecule has 6 aromatic carbocycles. The highest BCUT2D eigenvalue weighted by Crippen LogP contribution is 2.40. The van der Waals surface area contributed by atoms with Crippen LogP contribution in [0.15, 0.2) is 133 Å². The van der Waals surface area contributed by atoms with Gasteiger partial charge in [0.25, 0.3) is 0 Å². The molecule has 0 saturated carbocycles. The predicted octanol–water partition coefficient (Wildman–Crippen LogP) is 17.2. The Kier molecular flexibility index (Phi) is 21.9. The fourth-order valence-electron chi connectivity index (χ4n) is 7.13. The Morgan fingerprint density at radius 1 is 0.291 bits per heavy atom. The van der Waals surface area contributed by atoms with Crippen molar-refractivity contribution in [1.82, 2.24) is 9.13 Å². The van der Waals surface area contributed by atoms with E-state index in [0.717, 1.165) is 12.8 Å². The quantitative estimate of drug-likeness (QED) is 0.147. The van der Waals surface area contributed by atoms with Crippen molar-refractivity contribution in [2.24, 2.45) is 0 Å². The highest BCUT2D eigenvalue weighted by molar-refractivity contribution is 6.12. The SMILES string of the molecule is C.CC.CC.CC.CC.CC.CC.CC.c1ccc2c(c1)Cc1cccc3c4ccccc4n-2c13.c1ccc2c(c1)Cc1cccc3c4ccccc4n-2c13. The van der Waals surface area contributed by atoms with Crippen molar-refractivity contribution in [3.63, 3.8) is 0 Å². The fraction of sp³-hybridized carbons (Fsp3) is 0.321. The number of para-hydroxylation sites is 6. The monoisotopic (exact) mass is 737 g/mol. The minimum Gasteiger partial charge on any atom is -0.309 e. The number of aromatic nitrogens is 2. The number of fused-ring (bicyclic) bond motifs is 10. The molecule has 0 N–H and O–H groups in total. The molecule has 0 aliphatic carbocycles. The second-order valence-corrected chi connectivity index (χ2v) is 10.9. The molecule has 0 atom stereocenters. The smallest absolute Gasteiger partial charge is 0.0576 e. The molecule has 4 heterocycles. The van der Waals surface area contributed by atoms with Crippen molar-refractivity contribution in [3.05, 3.63) is 156 Å². The van der Waals surface area contributed by atoms with Crippen LogP contribution in [0.1, 0.15) is 127 Å². The van der Waals surface area contributed by atoms with Gasteiger partial charge in [-0.05, 0) is 46.5 Å². The molecule has 2 aliphatic heterocycles. The summed E-state index contributed by atoms with van der Waals surface area (Å²) < 4.78 is 4.86. The zero-order chi connectivity index (χ0) is 40.2. The Bertz CT molecular complexity index is 2120. The van der Waals surface area contributed by atoms with Crippen LogP contribution >= 0.6 is 0 Å². The molecule has 2 aliphatic rings. The van der Waals surface area contributed by atoms with E-state index in [1.807, 2.05) is 96.9 Å². The van der Waals surface area contributed by atoms with E-state index in [9.17, 15) is 0 Å². The van der Waals surface area contributed by atoms with Gasteiger partial charge >= 0.3 is 0 Å². The van der Waals surface area contributed by atoms with E-state index in [2.05, 4.69) is 143 Å². The average molecular weight is 737 g/mol. The summed E-state index contributed by atoms with van der Waals surface area (Å²) in [7, 11) is 0. The molecule has 294 valence electrons. The van der Waals surface area contributed by atoms with Crippen LogP contribution < -0.4 is 0 Å². The Labute approximate surface area is 335 Å². The lowest BCUT2D eigenvalue weighted by Crippen LogP contribution is -2.07. The first kappa shape index (κ1) is 47.9. The minimum absolute atomic E-state index is 0. The molecule has 0 saturated heterocycles. The lowest BCUT2D eigenvalue weighted by Gasteiger charge is -2.20. The van der Waals surface area contributed by atoms with Crippen molar-refractivity contribution in [2.75, 3.05) is 0 Å². The van der Waals surface area contributed by atoms with Gasteiger partial charge in [0.2, 0.25) is 0 Å².